The summed E-state index contributed by atoms with van der Waals surface area (Å²) in [6, 6.07) is 18.8. The molecule has 0 atom stereocenters. The van der Waals surface area contributed by atoms with Gasteiger partial charge in [-0.1, -0.05) is 60.7 Å². The van der Waals surface area contributed by atoms with Crippen LogP contribution in [0.5, 0.6) is 0 Å². The highest BCUT2D eigenvalue weighted by atomic mass is 32.2. The number of nitrogens with zero attached hydrogens (tertiary/aromatic N) is 1. The van der Waals surface area contributed by atoms with Crippen molar-refractivity contribution in [2.75, 3.05) is 13.1 Å². The minimum absolute atomic E-state index is 0.000668. The maximum Gasteiger partial charge on any atom is 0.218 e. The molecule has 0 radical (unpaired) electrons. The van der Waals surface area contributed by atoms with Crippen molar-refractivity contribution in [1.82, 2.24) is 4.31 Å². The molecule has 0 aromatic heterocycles. The lowest BCUT2D eigenvalue weighted by Gasteiger charge is -2.21. The first-order valence-electron chi connectivity index (χ1n) is 6.87. The van der Waals surface area contributed by atoms with Crippen molar-refractivity contribution in [3.8, 4) is 0 Å². The van der Waals surface area contributed by atoms with Gasteiger partial charge in [-0.25, -0.2) is 8.42 Å². The molecule has 0 bridgehead atoms. The van der Waals surface area contributed by atoms with Crippen molar-refractivity contribution >= 4 is 10.0 Å². The van der Waals surface area contributed by atoms with Gasteiger partial charge in [-0.15, -0.1) is 0 Å². The Kier molecular flexibility index (Phi) is 5.50. The van der Waals surface area contributed by atoms with E-state index >= 15 is 0 Å². The van der Waals surface area contributed by atoms with Gasteiger partial charge in [0.05, 0.1) is 5.75 Å². The zero-order valence-corrected chi connectivity index (χ0v) is 12.7. The highest BCUT2D eigenvalue weighted by Gasteiger charge is 2.21. The molecule has 0 aliphatic carbocycles. The van der Waals surface area contributed by atoms with E-state index < -0.39 is 10.0 Å². The van der Waals surface area contributed by atoms with Gasteiger partial charge in [0.2, 0.25) is 10.0 Å². The largest absolute Gasteiger partial charge is 0.329 e. The molecule has 2 aromatic rings. The second kappa shape index (κ2) is 7.36. The molecule has 0 saturated carbocycles. The molecule has 21 heavy (non-hydrogen) atoms. The summed E-state index contributed by atoms with van der Waals surface area (Å²) in [6.45, 7) is 0.984. The molecule has 0 spiro atoms. The van der Waals surface area contributed by atoms with Crippen LogP contribution in [-0.2, 0) is 22.3 Å². The van der Waals surface area contributed by atoms with Crippen molar-refractivity contribution in [2.24, 2.45) is 5.73 Å². The topological polar surface area (TPSA) is 63.4 Å². The average molecular weight is 304 g/mol. The van der Waals surface area contributed by atoms with Gasteiger partial charge in [-0.2, -0.15) is 4.31 Å². The molecule has 0 fully saturated rings. The summed E-state index contributed by atoms with van der Waals surface area (Å²) in [5, 5.41) is 0. The van der Waals surface area contributed by atoms with E-state index in [2.05, 4.69) is 0 Å². The molecule has 4 nitrogen and oxygen atoms in total. The van der Waals surface area contributed by atoms with Crippen LogP contribution in [0.1, 0.15) is 11.1 Å². The average Bonchev–Trinajstić information content (AvgIpc) is 2.48. The molecule has 0 amide bonds. The van der Waals surface area contributed by atoms with Crippen molar-refractivity contribution < 1.29 is 8.42 Å². The molecule has 112 valence electrons. The Labute approximate surface area is 126 Å². The van der Waals surface area contributed by atoms with Gasteiger partial charge in [0, 0.05) is 19.6 Å². The van der Waals surface area contributed by atoms with Crippen LogP contribution >= 0.6 is 0 Å². The maximum absolute atomic E-state index is 12.6. The molecule has 2 rings (SSSR count). The number of sulfonamides is 1. The van der Waals surface area contributed by atoms with Gasteiger partial charge in [0.1, 0.15) is 0 Å². The van der Waals surface area contributed by atoms with Crippen LogP contribution in [0.15, 0.2) is 60.7 Å². The third-order valence-corrected chi connectivity index (χ3v) is 4.96. The van der Waals surface area contributed by atoms with Crippen molar-refractivity contribution in [1.29, 1.82) is 0 Å². The summed E-state index contributed by atoms with van der Waals surface area (Å²) in [5.41, 5.74) is 7.31. The number of benzene rings is 2. The molecule has 2 N–H and O–H groups in total. The molecule has 0 saturated heterocycles. The van der Waals surface area contributed by atoms with Crippen LogP contribution in [0.2, 0.25) is 0 Å². The first-order chi connectivity index (χ1) is 10.1. The Morgan fingerprint density at radius 1 is 0.857 bits per heavy atom. The summed E-state index contributed by atoms with van der Waals surface area (Å²) in [7, 11) is -3.38. The van der Waals surface area contributed by atoms with E-state index in [-0.39, 0.29) is 5.75 Å². The standard InChI is InChI=1S/C16H20N2O2S/c17-11-12-18(13-15-7-3-1-4-8-15)21(19,20)14-16-9-5-2-6-10-16/h1-10H,11-14,17H2. The van der Waals surface area contributed by atoms with E-state index in [0.717, 1.165) is 11.1 Å². The van der Waals surface area contributed by atoms with Gasteiger partial charge in [-0.3, -0.25) is 0 Å². The number of hydrogen-bond donors (Lipinski definition) is 1. The minimum atomic E-state index is -3.38. The summed E-state index contributed by atoms with van der Waals surface area (Å²) >= 11 is 0. The summed E-state index contributed by atoms with van der Waals surface area (Å²) in [5.74, 6) is 0.000668. The Hall–Kier alpha value is -1.69. The second-order valence-corrected chi connectivity index (χ2v) is 6.82. The number of hydrogen-bond acceptors (Lipinski definition) is 3. The van der Waals surface area contributed by atoms with Gasteiger partial charge in [0.15, 0.2) is 0 Å². The van der Waals surface area contributed by atoms with Gasteiger partial charge in [-0.05, 0) is 11.1 Å². The first kappa shape index (κ1) is 15.7. The fourth-order valence-electron chi connectivity index (χ4n) is 2.12. The first-order valence-corrected chi connectivity index (χ1v) is 8.48. The summed E-state index contributed by atoms with van der Waals surface area (Å²) in [4.78, 5) is 0. The van der Waals surface area contributed by atoms with Crippen molar-refractivity contribution in [2.45, 2.75) is 12.3 Å². The van der Waals surface area contributed by atoms with E-state index in [1.165, 1.54) is 4.31 Å². The lowest BCUT2D eigenvalue weighted by molar-refractivity contribution is 0.413. The predicted molar refractivity (Wildman–Crippen MR) is 85.0 cm³/mol. The molecule has 2 aromatic carbocycles. The van der Waals surface area contributed by atoms with Crippen LogP contribution in [0, 0.1) is 0 Å². The van der Waals surface area contributed by atoms with Crippen molar-refractivity contribution in [3.05, 3.63) is 71.8 Å². The highest BCUT2D eigenvalue weighted by Crippen LogP contribution is 2.14. The number of nitrogens with two attached hydrogens (primary N) is 1. The van der Waals surface area contributed by atoms with Crippen LogP contribution in [-0.4, -0.2) is 25.8 Å². The third kappa shape index (κ3) is 4.67. The maximum atomic E-state index is 12.6. The fraction of sp³-hybridized carbons (Fsp3) is 0.250. The predicted octanol–water partition coefficient (Wildman–Crippen LogP) is 1.98. The molecule has 0 unspecified atom stereocenters. The van der Waals surface area contributed by atoms with E-state index in [9.17, 15) is 8.42 Å². The van der Waals surface area contributed by atoms with E-state index in [1.54, 1.807) is 0 Å². The Morgan fingerprint density at radius 2 is 1.38 bits per heavy atom. The Balaban J connectivity index is 2.16. The molecule has 5 heteroatoms. The Bertz CT molecular complexity index is 642. The molecular formula is C16H20N2O2S. The van der Waals surface area contributed by atoms with Gasteiger partial charge in [0.25, 0.3) is 0 Å². The Morgan fingerprint density at radius 3 is 1.90 bits per heavy atom. The fourth-order valence-corrected chi connectivity index (χ4v) is 3.65. The monoisotopic (exact) mass is 304 g/mol. The van der Waals surface area contributed by atoms with E-state index in [1.807, 2.05) is 60.7 Å². The van der Waals surface area contributed by atoms with Gasteiger partial charge < -0.3 is 5.73 Å². The van der Waals surface area contributed by atoms with Crippen LogP contribution < -0.4 is 5.73 Å². The third-order valence-electron chi connectivity index (χ3n) is 3.17. The summed E-state index contributed by atoms with van der Waals surface area (Å²) in [6.07, 6.45) is 0. The van der Waals surface area contributed by atoms with E-state index in [0.29, 0.717) is 19.6 Å². The zero-order valence-electron chi connectivity index (χ0n) is 11.9. The molecule has 0 heterocycles. The summed E-state index contributed by atoms with van der Waals surface area (Å²) < 4.78 is 26.6. The second-order valence-electron chi connectivity index (χ2n) is 4.85. The van der Waals surface area contributed by atoms with Gasteiger partial charge >= 0.3 is 0 Å². The molecular weight excluding hydrogens is 284 g/mol. The SMILES string of the molecule is NCCN(Cc1ccccc1)S(=O)(=O)Cc1ccccc1. The van der Waals surface area contributed by atoms with Crippen LogP contribution in [0.4, 0.5) is 0 Å². The normalized spacial score (nSPS) is 11.7. The lowest BCUT2D eigenvalue weighted by atomic mass is 10.2. The minimum Gasteiger partial charge on any atom is -0.329 e. The number of rotatable bonds is 7. The van der Waals surface area contributed by atoms with Crippen molar-refractivity contribution in [3.63, 3.8) is 0 Å². The highest BCUT2D eigenvalue weighted by molar-refractivity contribution is 7.88. The smallest absolute Gasteiger partial charge is 0.218 e. The van der Waals surface area contributed by atoms with E-state index in [4.69, 9.17) is 5.73 Å². The quantitative estimate of drug-likeness (QED) is 0.850. The molecule has 0 aliphatic rings. The zero-order chi connectivity index (χ0) is 15.1. The van der Waals surface area contributed by atoms with Crippen LogP contribution in [0.3, 0.4) is 0 Å². The molecule has 0 aliphatic heterocycles. The lowest BCUT2D eigenvalue weighted by Crippen LogP contribution is -2.35. The van der Waals surface area contributed by atoms with Crippen LogP contribution in [0.25, 0.3) is 0 Å².